The van der Waals surface area contributed by atoms with Gasteiger partial charge in [0, 0.05) is 0 Å². The van der Waals surface area contributed by atoms with Crippen molar-refractivity contribution in [2.75, 3.05) is 0 Å². The molecule has 0 rings (SSSR count). The van der Waals surface area contributed by atoms with Gasteiger partial charge in [-0.05, 0) is 6.42 Å². The summed E-state index contributed by atoms with van der Waals surface area (Å²) in [6.07, 6.45) is 3.16. The quantitative estimate of drug-likeness (QED) is 0.461. The van der Waals surface area contributed by atoms with E-state index in [0.29, 0.717) is 6.42 Å². The molecule has 3 N–H and O–H groups in total. The molecule has 0 aromatic rings. The van der Waals surface area contributed by atoms with Crippen LogP contribution in [0.2, 0.25) is 0 Å². The minimum atomic E-state index is -0.604. The van der Waals surface area contributed by atoms with Crippen LogP contribution in [-0.2, 0) is 9.63 Å². The number of carbonyl (C=O) groups excluding carboxylic acids is 1. The van der Waals surface area contributed by atoms with Gasteiger partial charge in [-0.25, -0.2) is 0 Å². The Morgan fingerprint density at radius 2 is 2.25 bits per heavy atom. The van der Waals surface area contributed by atoms with Crippen molar-refractivity contribution in [2.24, 2.45) is 5.90 Å². The second kappa shape index (κ2) is 7.06. The molecular formula is C8H17NO3. The third-order valence-electron chi connectivity index (χ3n) is 1.67. The van der Waals surface area contributed by atoms with Gasteiger partial charge in [0.25, 0.3) is 0 Å². The molecule has 72 valence electrons. The predicted molar refractivity (Wildman–Crippen MR) is 45.0 cm³/mol. The van der Waals surface area contributed by atoms with Gasteiger partial charge in [-0.2, -0.15) is 5.90 Å². The largest absolute Gasteiger partial charge is 0.393 e. The number of carbonyl (C=O) groups is 1. The van der Waals surface area contributed by atoms with Crippen LogP contribution < -0.4 is 5.90 Å². The summed E-state index contributed by atoms with van der Waals surface area (Å²) in [6, 6.07) is 0. The van der Waals surface area contributed by atoms with Crippen LogP contribution in [0.1, 0.15) is 39.0 Å². The fourth-order valence-electron chi connectivity index (χ4n) is 0.973. The van der Waals surface area contributed by atoms with Crippen LogP contribution in [0.5, 0.6) is 0 Å². The Morgan fingerprint density at radius 3 is 2.75 bits per heavy atom. The number of aliphatic hydroxyl groups excluding tert-OH is 1. The molecule has 0 spiro atoms. The van der Waals surface area contributed by atoms with E-state index >= 15 is 0 Å². The first-order chi connectivity index (χ1) is 5.70. The Balaban J connectivity index is 3.32. The third kappa shape index (κ3) is 6.12. The first-order valence-corrected chi connectivity index (χ1v) is 4.28. The Kier molecular flexibility index (Phi) is 6.70. The lowest BCUT2D eigenvalue weighted by Gasteiger charge is -2.07. The topological polar surface area (TPSA) is 72.5 Å². The zero-order valence-corrected chi connectivity index (χ0v) is 7.45. The average Bonchev–Trinajstić information content (AvgIpc) is 2.05. The Morgan fingerprint density at radius 1 is 1.58 bits per heavy atom. The molecule has 4 nitrogen and oxygen atoms in total. The molecular weight excluding hydrogens is 158 g/mol. The van der Waals surface area contributed by atoms with Crippen LogP contribution >= 0.6 is 0 Å². The van der Waals surface area contributed by atoms with Crippen molar-refractivity contribution in [3.63, 3.8) is 0 Å². The van der Waals surface area contributed by atoms with Gasteiger partial charge in [0.05, 0.1) is 12.5 Å². The van der Waals surface area contributed by atoms with Gasteiger partial charge in [0.2, 0.25) is 0 Å². The molecule has 0 aliphatic heterocycles. The Bertz CT molecular complexity index is 127. The molecule has 0 aromatic carbocycles. The zero-order chi connectivity index (χ0) is 9.40. The van der Waals surface area contributed by atoms with Crippen molar-refractivity contribution >= 4 is 5.97 Å². The second-order valence-corrected chi connectivity index (χ2v) is 2.84. The predicted octanol–water partition coefficient (Wildman–Crippen LogP) is 0.735. The van der Waals surface area contributed by atoms with E-state index in [9.17, 15) is 9.90 Å². The highest BCUT2D eigenvalue weighted by atomic mass is 16.7. The molecule has 0 saturated heterocycles. The normalized spacial score (nSPS) is 12.6. The molecule has 0 radical (unpaired) electrons. The van der Waals surface area contributed by atoms with E-state index in [1.165, 1.54) is 0 Å². The summed E-state index contributed by atoms with van der Waals surface area (Å²) in [4.78, 5) is 14.5. The SMILES string of the molecule is CCCCCC(O)CC(=O)ON. The van der Waals surface area contributed by atoms with Crippen molar-refractivity contribution in [2.45, 2.75) is 45.1 Å². The molecule has 1 atom stereocenters. The minimum Gasteiger partial charge on any atom is -0.393 e. The summed E-state index contributed by atoms with van der Waals surface area (Å²) in [5.74, 6) is 4.06. The highest BCUT2D eigenvalue weighted by molar-refractivity contribution is 5.69. The van der Waals surface area contributed by atoms with Crippen molar-refractivity contribution < 1.29 is 14.7 Å². The fraction of sp³-hybridized carbons (Fsp3) is 0.875. The molecule has 0 fully saturated rings. The minimum absolute atomic E-state index is 0.000213. The summed E-state index contributed by atoms with van der Waals surface area (Å²) >= 11 is 0. The highest BCUT2D eigenvalue weighted by Crippen LogP contribution is 2.06. The summed E-state index contributed by atoms with van der Waals surface area (Å²) in [5.41, 5.74) is 0. The summed E-state index contributed by atoms with van der Waals surface area (Å²) in [7, 11) is 0. The lowest BCUT2D eigenvalue weighted by molar-refractivity contribution is -0.146. The molecule has 12 heavy (non-hydrogen) atoms. The van der Waals surface area contributed by atoms with Crippen LogP contribution in [0.3, 0.4) is 0 Å². The van der Waals surface area contributed by atoms with Crippen molar-refractivity contribution in [3.8, 4) is 0 Å². The molecule has 0 amide bonds. The van der Waals surface area contributed by atoms with E-state index in [0.717, 1.165) is 19.3 Å². The first-order valence-electron chi connectivity index (χ1n) is 4.28. The maximum Gasteiger partial charge on any atom is 0.327 e. The Hall–Kier alpha value is -0.610. The lowest BCUT2D eigenvalue weighted by atomic mass is 10.1. The molecule has 0 aliphatic carbocycles. The van der Waals surface area contributed by atoms with E-state index < -0.39 is 12.1 Å². The zero-order valence-electron chi connectivity index (χ0n) is 7.45. The number of hydrogen-bond donors (Lipinski definition) is 2. The highest BCUT2D eigenvalue weighted by Gasteiger charge is 2.10. The van der Waals surface area contributed by atoms with Gasteiger partial charge < -0.3 is 9.94 Å². The van der Waals surface area contributed by atoms with E-state index in [2.05, 4.69) is 17.7 Å². The number of rotatable bonds is 6. The molecule has 1 unspecified atom stereocenters. The summed E-state index contributed by atoms with van der Waals surface area (Å²) in [5, 5.41) is 9.22. The van der Waals surface area contributed by atoms with Gasteiger partial charge in [-0.3, -0.25) is 4.79 Å². The van der Waals surface area contributed by atoms with E-state index in [-0.39, 0.29) is 6.42 Å². The smallest absolute Gasteiger partial charge is 0.327 e. The molecule has 0 heterocycles. The standard InChI is InChI=1S/C8H17NO3/c1-2-3-4-5-7(10)6-8(11)12-9/h7,10H,2-6,9H2,1H3. The van der Waals surface area contributed by atoms with Gasteiger partial charge in [-0.15, -0.1) is 0 Å². The maximum atomic E-state index is 10.5. The van der Waals surface area contributed by atoms with Crippen LogP contribution in [0.15, 0.2) is 0 Å². The van der Waals surface area contributed by atoms with Gasteiger partial charge in [0.1, 0.15) is 0 Å². The molecule has 0 bridgehead atoms. The van der Waals surface area contributed by atoms with E-state index in [1.807, 2.05) is 0 Å². The van der Waals surface area contributed by atoms with Gasteiger partial charge in [0.15, 0.2) is 0 Å². The number of hydrogen-bond acceptors (Lipinski definition) is 4. The van der Waals surface area contributed by atoms with Crippen LogP contribution in [0, 0.1) is 0 Å². The first kappa shape index (κ1) is 11.4. The van der Waals surface area contributed by atoms with E-state index in [4.69, 9.17) is 0 Å². The van der Waals surface area contributed by atoms with Gasteiger partial charge in [-0.1, -0.05) is 26.2 Å². The summed E-state index contributed by atoms with van der Waals surface area (Å²) < 4.78 is 0. The third-order valence-corrected chi connectivity index (χ3v) is 1.67. The second-order valence-electron chi connectivity index (χ2n) is 2.84. The average molecular weight is 175 g/mol. The molecule has 4 heteroatoms. The van der Waals surface area contributed by atoms with Crippen molar-refractivity contribution in [3.05, 3.63) is 0 Å². The Labute approximate surface area is 72.7 Å². The molecule has 0 aliphatic rings. The maximum absolute atomic E-state index is 10.5. The van der Waals surface area contributed by atoms with Gasteiger partial charge >= 0.3 is 5.97 Å². The summed E-state index contributed by atoms with van der Waals surface area (Å²) in [6.45, 7) is 2.08. The number of nitrogens with two attached hydrogens (primary N) is 1. The molecule has 0 saturated carbocycles. The monoisotopic (exact) mass is 175 g/mol. The van der Waals surface area contributed by atoms with Crippen molar-refractivity contribution in [1.29, 1.82) is 0 Å². The molecule has 0 aromatic heterocycles. The lowest BCUT2D eigenvalue weighted by Crippen LogP contribution is -2.18. The van der Waals surface area contributed by atoms with Crippen LogP contribution in [0.25, 0.3) is 0 Å². The van der Waals surface area contributed by atoms with Crippen LogP contribution in [0.4, 0.5) is 0 Å². The fourth-order valence-corrected chi connectivity index (χ4v) is 0.973. The van der Waals surface area contributed by atoms with E-state index in [1.54, 1.807) is 0 Å². The van der Waals surface area contributed by atoms with Crippen LogP contribution in [-0.4, -0.2) is 17.2 Å². The number of aliphatic hydroxyl groups is 1. The number of unbranched alkanes of at least 4 members (excludes halogenated alkanes) is 2. The van der Waals surface area contributed by atoms with Crippen molar-refractivity contribution in [1.82, 2.24) is 0 Å².